The Hall–Kier alpha value is -0.540. The van der Waals surface area contributed by atoms with Crippen molar-refractivity contribution in [2.45, 2.75) is 40.3 Å². The minimum atomic E-state index is 0.498. The molecule has 0 fully saturated rings. The fraction of sp³-hybridized carbons (Fsp3) is 0.571. The van der Waals surface area contributed by atoms with Crippen molar-refractivity contribution in [2.24, 2.45) is 11.7 Å². The SMILES string of the molecule is CC(C)CN(c1ccc(CN)cc1Br)C(C)C. The molecular formula is C14H23BrN2. The zero-order chi connectivity index (χ0) is 13.0. The molecule has 0 radical (unpaired) electrons. The lowest BCUT2D eigenvalue weighted by atomic mass is 10.1. The van der Waals surface area contributed by atoms with E-state index < -0.39 is 0 Å². The van der Waals surface area contributed by atoms with Gasteiger partial charge in [-0.05, 0) is 53.4 Å². The highest BCUT2D eigenvalue weighted by molar-refractivity contribution is 9.10. The van der Waals surface area contributed by atoms with E-state index in [4.69, 9.17) is 5.73 Å². The van der Waals surface area contributed by atoms with E-state index >= 15 is 0 Å². The van der Waals surface area contributed by atoms with E-state index in [0.717, 1.165) is 16.6 Å². The average molecular weight is 299 g/mol. The summed E-state index contributed by atoms with van der Waals surface area (Å²) in [7, 11) is 0. The van der Waals surface area contributed by atoms with Gasteiger partial charge >= 0.3 is 0 Å². The van der Waals surface area contributed by atoms with E-state index in [1.54, 1.807) is 0 Å². The molecule has 96 valence electrons. The van der Waals surface area contributed by atoms with Crippen LogP contribution in [-0.2, 0) is 6.54 Å². The van der Waals surface area contributed by atoms with Crippen LogP contribution in [0.15, 0.2) is 22.7 Å². The first-order valence-corrected chi connectivity index (χ1v) is 7.00. The second kappa shape index (κ2) is 6.41. The molecule has 0 aliphatic carbocycles. The lowest BCUT2D eigenvalue weighted by Crippen LogP contribution is -2.34. The summed E-state index contributed by atoms with van der Waals surface area (Å²) in [6, 6.07) is 6.88. The summed E-state index contributed by atoms with van der Waals surface area (Å²) >= 11 is 3.65. The Kier molecular flexibility index (Phi) is 5.47. The van der Waals surface area contributed by atoms with Gasteiger partial charge in [0.2, 0.25) is 0 Å². The highest BCUT2D eigenvalue weighted by Gasteiger charge is 2.14. The summed E-state index contributed by atoms with van der Waals surface area (Å²) in [5.74, 6) is 0.651. The molecule has 0 unspecified atom stereocenters. The van der Waals surface area contributed by atoms with Gasteiger partial charge in [0.1, 0.15) is 0 Å². The van der Waals surface area contributed by atoms with Crippen LogP contribution in [0.4, 0.5) is 5.69 Å². The molecule has 0 aliphatic heterocycles. The lowest BCUT2D eigenvalue weighted by molar-refractivity contribution is 0.570. The summed E-state index contributed by atoms with van der Waals surface area (Å²) < 4.78 is 1.13. The molecule has 0 aliphatic rings. The number of nitrogens with two attached hydrogens (primary N) is 1. The maximum absolute atomic E-state index is 5.65. The molecule has 0 atom stereocenters. The maximum atomic E-state index is 5.65. The number of nitrogens with zero attached hydrogens (tertiary/aromatic N) is 1. The monoisotopic (exact) mass is 298 g/mol. The van der Waals surface area contributed by atoms with E-state index in [9.17, 15) is 0 Å². The van der Waals surface area contributed by atoms with Crippen LogP contribution >= 0.6 is 15.9 Å². The zero-order valence-electron chi connectivity index (χ0n) is 11.2. The normalized spacial score (nSPS) is 11.3. The maximum Gasteiger partial charge on any atom is 0.0513 e. The van der Waals surface area contributed by atoms with Crippen LogP contribution in [0, 0.1) is 5.92 Å². The number of rotatable bonds is 5. The van der Waals surface area contributed by atoms with Gasteiger partial charge in [-0.2, -0.15) is 0 Å². The molecule has 0 bridgehead atoms. The molecule has 0 spiro atoms. The second-order valence-electron chi connectivity index (χ2n) is 5.13. The number of anilines is 1. The Morgan fingerprint density at radius 2 is 1.88 bits per heavy atom. The van der Waals surface area contributed by atoms with Crippen molar-refractivity contribution in [1.82, 2.24) is 0 Å². The first-order chi connectivity index (χ1) is 7.95. The summed E-state index contributed by atoms with van der Waals surface area (Å²) in [4.78, 5) is 2.43. The molecule has 1 aromatic rings. The smallest absolute Gasteiger partial charge is 0.0513 e. The molecule has 0 aromatic heterocycles. The molecule has 1 aromatic carbocycles. The molecule has 0 heterocycles. The van der Waals surface area contributed by atoms with Crippen LogP contribution in [0.3, 0.4) is 0 Å². The van der Waals surface area contributed by atoms with E-state index in [-0.39, 0.29) is 0 Å². The van der Waals surface area contributed by atoms with Crippen molar-refractivity contribution >= 4 is 21.6 Å². The van der Waals surface area contributed by atoms with Gasteiger partial charge < -0.3 is 10.6 Å². The van der Waals surface area contributed by atoms with Crippen LogP contribution in [-0.4, -0.2) is 12.6 Å². The topological polar surface area (TPSA) is 29.3 Å². The van der Waals surface area contributed by atoms with Crippen LogP contribution < -0.4 is 10.6 Å². The van der Waals surface area contributed by atoms with Gasteiger partial charge in [-0.3, -0.25) is 0 Å². The van der Waals surface area contributed by atoms with Crippen molar-refractivity contribution in [3.8, 4) is 0 Å². The third kappa shape index (κ3) is 4.00. The van der Waals surface area contributed by atoms with Crippen molar-refractivity contribution in [3.63, 3.8) is 0 Å². The first-order valence-electron chi connectivity index (χ1n) is 6.20. The van der Waals surface area contributed by atoms with E-state index in [2.05, 4.69) is 66.7 Å². The largest absolute Gasteiger partial charge is 0.368 e. The molecule has 2 N–H and O–H groups in total. The predicted octanol–water partition coefficient (Wildman–Crippen LogP) is 3.78. The summed E-state index contributed by atoms with van der Waals surface area (Å²) in [5, 5.41) is 0. The molecule has 2 nitrogen and oxygen atoms in total. The lowest BCUT2D eigenvalue weighted by Gasteiger charge is -2.31. The fourth-order valence-electron chi connectivity index (χ4n) is 1.89. The summed E-state index contributed by atoms with van der Waals surface area (Å²) in [5.41, 5.74) is 8.07. The summed E-state index contributed by atoms with van der Waals surface area (Å²) in [6.07, 6.45) is 0. The van der Waals surface area contributed by atoms with E-state index in [1.165, 1.54) is 5.69 Å². The molecule has 0 saturated carbocycles. The minimum absolute atomic E-state index is 0.498. The van der Waals surface area contributed by atoms with Gasteiger partial charge in [0.25, 0.3) is 0 Å². The van der Waals surface area contributed by atoms with Gasteiger partial charge in [0, 0.05) is 23.6 Å². The number of hydrogen-bond donors (Lipinski definition) is 1. The third-order valence-electron chi connectivity index (χ3n) is 2.74. The van der Waals surface area contributed by atoms with Crippen molar-refractivity contribution < 1.29 is 0 Å². The standard InChI is InChI=1S/C14H23BrN2/c1-10(2)9-17(11(3)4)14-6-5-12(8-16)7-13(14)15/h5-7,10-11H,8-9,16H2,1-4H3. The summed E-state index contributed by atoms with van der Waals surface area (Å²) in [6.45, 7) is 10.6. The van der Waals surface area contributed by atoms with Gasteiger partial charge in [-0.15, -0.1) is 0 Å². The Morgan fingerprint density at radius 1 is 1.24 bits per heavy atom. The van der Waals surface area contributed by atoms with Crippen LogP contribution in [0.1, 0.15) is 33.3 Å². The molecule has 17 heavy (non-hydrogen) atoms. The van der Waals surface area contributed by atoms with Crippen LogP contribution in [0.25, 0.3) is 0 Å². The van der Waals surface area contributed by atoms with Crippen molar-refractivity contribution in [3.05, 3.63) is 28.2 Å². The average Bonchev–Trinajstić information content (AvgIpc) is 2.25. The quantitative estimate of drug-likeness (QED) is 0.896. The number of benzene rings is 1. The van der Waals surface area contributed by atoms with Gasteiger partial charge in [0.05, 0.1) is 5.69 Å². The Balaban J connectivity index is 3.01. The zero-order valence-corrected chi connectivity index (χ0v) is 12.8. The molecule has 1 rings (SSSR count). The van der Waals surface area contributed by atoms with Crippen molar-refractivity contribution in [2.75, 3.05) is 11.4 Å². The van der Waals surface area contributed by atoms with Crippen LogP contribution in [0.2, 0.25) is 0 Å². The number of hydrogen-bond acceptors (Lipinski definition) is 2. The highest BCUT2D eigenvalue weighted by atomic mass is 79.9. The molecular weight excluding hydrogens is 276 g/mol. The first kappa shape index (κ1) is 14.5. The molecule has 3 heteroatoms. The Bertz CT molecular complexity index is 361. The third-order valence-corrected chi connectivity index (χ3v) is 3.38. The van der Waals surface area contributed by atoms with Gasteiger partial charge in [-0.25, -0.2) is 0 Å². The Morgan fingerprint density at radius 3 is 2.29 bits per heavy atom. The van der Waals surface area contributed by atoms with Crippen LogP contribution in [0.5, 0.6) is 0 Å². The van der Waals surface area contributed by atoms with Crippen molar-refractivity contribution in [1.29, 1.82) is 0 Å². The fourth-order valence-corrected chi connectivity index (χ4v) is 2.54. The van der Waals surface area contributed by atoms with Gasteiger partial charge in [0.15, 0.2) is 0 Å². The predicted molar refractivity (Wildman–Crippen MR) is 79.4 cm³/mol. The molecule has 0 amide bonds. The minimum Gasteiger partial charge on any atom is -0.368 e. The molecule has 0 saturated heterocycles. The van der Waals surface area contributed by atoms with E-state index in [1.807, 2.05) is 0 Å². The highest BCUT2D eigenvalue weighted by Crippen LogP contribution is 2.29. The van der Waals surface area contributed by atoms with E-state index in [0.29, 0.717) is 18.5 Å². The van der Waals surface area contributed by atoms with Gasteiger partial charge in [-0.1, -0.05) is 19.9 Å². The number of halogens is 1. The second-order valence-corrected chi connectivity index (χ2v) is 5.98. The Labute approximate surface area is 113 Å².